The molecule has 170 valence electrons. The van der Waals surface area contributed by atoms with Crippen molar-refractivity contribution in [3.63, 3.8) is 0 Å². The first-order chi connectivity index (χ1) is 14.9. The molecule has 10 heteroatoms. The van der Waals surface area contributed by atoms with Gasteiger partial charge in [0.15, 0.2) is 11.9 Å². The van der Waals surface area contributed by atoms with Crippen LogP contribution in [0.3, 0.4) is 0 Å². The van der Waals surface area contributed by atoms with E-state index < -0.39 is 36.1 Å². The molecule has 0 N–H and O–H groups in total. The van der Waals surface area contributed by atoms with Gasteiger partial charge in [0.2, 0.25) is 0 Å². The molecule has 1 unspecified atom stereocenters. The lowest BCUT2D eigenvalue weighted by Crippen LogP contribution is -2.56. The zero-order valence-electron chi connectivity index (χ0n) is 18.2. The number of rotatable bonds is 3. The number of alkyl halides is 2. The fourth-order valence-corrected chi connectivity index (χ4v) is 3.23. The van der Waals surface area contributed by atoms with Crippen LogP contribution in [0.1, 0.15) is 38.6 Å². The van der Waals surface area contributed by atoms with Gasteiger partial charge >= 0.3 is 12.0 Å². The summed E-state index contributed by atoms with van der Waals surface area (Å²) in [6.07, 6.45) is -1.50. The normalized spacial score (nSPS) is 18.1. The molecular formula is C22H23F3N4O3. The Labute approximate surface area is 183 Å². The average molecular weight is 448 g/mol. The Kier molecular flexibility index (Phi) is 6.30. The molecule has 3 rings (SSSR count). The van der Waals surface area contributed by atoms with Crippen molar-refractivity contribution in [2.75, 3.05) is 13.1 Å². The van der Waals surface area contributed by atoms with Crippen LogP contribution in [0.5, 0.6) is 5.75 Å². The highest BCUT2D eigenvalue weighted by molar-refractivity contribution is 5.68. The fourth-order valence-electron chi connectivity index (χ4n) is 3.23. The highest BCUT2D eigenvalue weighted by atomic mass is 19.3. The van der Waals surface area contributed by atoms with Gasteiger partial charge in [-0.15, -0.1) is 0 Å². The van der Waals surface area contributed by atoms with Crippen LogP contribution < -0.4 is 4.74 Å². The molecule has 1 aliphatic rings. The number of hydrogen-bond donors (Lipinski definition) is 0. The number of likely N-dealkylation sites (tertiary alicyclic amines) is 1. The van der Waals surface area contributed by atoms with Crippen molar-refractivity contribution in [1.29, 1.82) is 5.26 Å². The number of nitriles is 1. The van der Waals surface area contributed by atoms with Crippen molar-refractivity contribution in [2.24, 2.45) is 0 Å². The summed E-state index contributed by atoms with van der Waals surface area (Å²) in [5.41, 5.74) is -0.548. The smallest absolute Gasteiger partial charge is 0.410 e. The first-order valence-corrected chi connectivity index (χ1v) is 9.96. The van der Waals surface area contributed by atoms with E-state index in [-0.39, 0.29) is 30.0 Å². The van der Waals surface area contributed by atoms with Gasteiger partial charge in [0.1, 0.15) is 28.9 Å². The standard InChI is InChI=1S/C22H23F3N4O3/c1-13-27-11-16(23)19(28-13)14-5-6-17(15(9-14)10-26)31-18-7-8-29(12-22(18,24)25)20(30)32-21(2,3)4/h5-6,9,11,18H,7-8,12H2,1-4H3. The van der Waals surface area contributed by atoms with Gasteiger partial charge in [0.05, 0.1) is 18.3 Å². The molecule has 0 aliphatic carbocycles. The Balaban J connectivity index is 1.78. The topological polar surface area (TPSA) is 88.3 Å². The maximum Gasteiger partial charge on any atom is 0.410 e. The van der Waals surface area contributed by atoms with Crippen molar-refractivity contribution in [3.05, 3.63) is 41.6 Å². The van der Waals surface area contributed by atoms with Crippen LogP contribution in [0.4, 0.5) is 18.0 Å². The predicted octanol–water partition coefficient (Wildman–Crippen LogP) is 4.49. The molecule has 0 spiro atoms. The molecule has 1 aromatic heterocycles. The van der Waals surface area contributed by atoms with Crippen LogP contribution in [-0.4, -0.2) is 51.7 Å². The maximum absolute atomic E-state index is 14.8. The van der Waals surface area contributed by atoms with Crippen LogP contribution in [0.15, 0.2) is 24.4 Å². The molecule has 2 aromatic rings. The summed E-state index contributed by atoms with van der Waals surface area (Å²) in [7, 11) is 0. The summed E-state index contributed by atoms with van der Waals surface area (Å²) >= 11 is 0. The second-order valence-electron chi connectivity index (χ2n) is 8.49. The molecule has 0 radical (unpaired) electrons. The quantitative estimate of drug-likeness (QED) is 0.688. The second-order valence-corrected chi connectivity index (χ2v) is 8.49. The van der Waals surface area contributed by atoms with Gasteiger partial charge in [-0.25, -0.2) is 27.9 Å². The summed E-state index contributed by atoms with van der Waals surface area (Å²) in [6.45, 7) is 5.71. The molecule has 1 atom stereocenters. The van der Waals surface area contributed by atoms with E-state index in [2.05, 4.69) is 9.97 Å². The number of piperidine rings is 1. The van der Waals surface area contributed by atoms with E-state index in [1.54, 1.807) is 27.7 Å². The number of halogens is 3. The van der Waals surface area contributed by atoms with Crippen molar-refractivity contribution in [3.8, 4) is 23.1 Å². The van der Waals surface area contributed by atoms with Gasteiger partial charge in [-0.05, 0) is 45.9 Å². The number of amides is 1. The molecule has 1 fully saturated rings. The highest BCUT2D eigenvalue weighted by Gasteiger charge is 2.48. The van der Waals surface area contributed by atoms with Crippen LogP contribution in [-0.2, 0) is 4.74 Å². The number of benzene rings is 1. The molecule has 1 amide bonds. The first kappa shape index (κ1) is 23.3. The molecule has 32 heavy (non-hydrogen) atoms. The highest BCUT2D eigenvalue weighted by Crippen LogP contribution is 2.34. The summed E-state index contributed by atoms with van der Waals surface area (Å²) in [4.78, 5) is 20.9. The molecule has 1 saturated heterocycles. The maximum atomic E-state index is 14.8. The second kappa shape index (κ2) is 8.65. The fraction of sp³-hybridized carbons (Fsp3) is 0.455. The molecule has 1 aliphatic heterocycles. The van der Waals surface area contributed by atoms with Gasteiger partial charge in [-0.2, -0.15) is 5.26 Å². The third kappa shape index (κ3) is 5.28. The number of carbonyl (C=O) groups is 1. The molecule has 1 aromatic carbocycles. The molecule has 2 heterocycles. The van der Waals surface area contributed by atoms with Crippen molar-refractivity contribution in [2.45, 2.75) is 51.7 Å². The Morgan fingerprint density at radius 1 is 1.34 bits per heavy atom. The van der Waals surface area contributed by atoms with E-state index in [1.165, 1.54) is 18.2 Å². The Hall–Kier alpha value is -3.35. The number of aryl methyl sites for hydroxylation is 1. The van der Waals surface area contributed by atoms with E-state index in [0.717, 1.165) is 11.1 Å². The largest absolute Gasteiger partial charge is 0.483 e. The number of ether oxygens (including phenoxy) is 2. The predicted molar refractivity (Wildman–Crippen MR) is 109 cm³/mol. The van der Waals surface area contributed by atoms with E-state index in [0.29, 0.717) is 11.4 Å². The minimum absolute atomic E-state index is 0.00320. The summed E-state index contributed by atoms with van der Waals surface area (Å²) in [5, 5.41) is 9.48. The van der Waals surface area contributed by atoms with Crippen LogP contribution in [0.2, 0.25) is 0 Å². The lowest BCUT2D eigenvalue weighted by atomic mass is 10.0. The lowest BCUT2D eigenvalue weighted by molar-refractivity contribution is -0.137. The average Bonchev–Trinajstić information content (AvgIpc) is 2.70. The van der Waals surface area contributed by atoms with Gasteiger partial charge < -0.3 is 14.4 Å². The molecular weight excluding hydrogens is 425 g/mol. The van der Waals surface area contributed by atoms with Crippen LogP contribution >= 0.6 is 0 Å². The zero-order chi connectivity index (χ0) is 23.7. The third-order valence-electron chi connectivity index (χ3n) is 4.69. The van der Waals surface area contributed by atoms with Gasteiger partial charge in [0.25, 0.3) is 0 Å². The van der Waals surface area contributed by atoms with Crippen LogP contribution in [0, 0.1) is 24.1 Å². The van der Waals surface area contributed by atoms with Crippen molar-refractivity contribution < 1.29 is 27.4 Å². The van der Waals surface area contributed by atoms with Gasteiger partial charge in [0, 0.05) is 18.5 Å². The Morgan fingerprint density at radius 3 is 2.69 bits per heavy atom. The van der Waals surface area contributed by atoms with E-state index in [4.69, 9.17) is 9.47 Å². The van der Waals surface area contributed by atoms with Crippen molar-refractivity contribution in [1.82, 2.24) is 14.9 Å². The number of aromatic nitrogens is 2. The number of hydrogen-bond acceptors (Lipinski definition) is 6. The zero-order valence-corrected chi connectivity index (χ0v) is 18.2. The molecule has 7 nitrogen and oxygen atoms in total. The molecule has 0 bridgehead atoms. The first-order valence-electron chi connectivity index (χ1n) is 9.96. The van der Waals surface area contributed by atoms with E-state index in [1.807, 2.05) is 6.07 Å². The third-order valence-corrected chi connectivity index (χ3v) is 4.69. The SMILES string of the molecule is Cc1ncc(F)c(-c2ccc(OC3CCN(C(=O)OC(C)(C)C)CC3(F)F)c(C#N)c2)n1. The summed E-state index contributed by atoms with van der Waals surface area (Å²) < 4.78 is 54.2. The lowest BCUT2D eigenvalue weighted by Gasteiger charge is -2.38. The van der Waals surface area contributed by atoms with Crippen LogP contribution in [0.25, 0.3) is 11.3 Å². The minimum Gasteiger partial charge on any atom is -0.483 e. The number of nitrogens with zero attached hydrogens (tertiary/aromatic N) is 4. The number of carbonyl (C=O) groups excluding carboxylic acids is 1. The van der Waals surface area contributed by atoms with E-state index >= 15 is 0 Å². The minimum atomic E-state index is -3.36. The van der Waals surface area contributed by atoms with Gasteiger partial charge in [-0.1, -0.05) is 0 Å². The van der Waals surface area contributed by atoms with E-state index in [9.17, 15) is 23.2 Å². The van der Waals surface area contributed by atoms with Crippen molar-refractivity contribution >= 4 is 6.09 Å². The summed E-state index contributed by atoms with van der Waals surface area (Å²) in [5.74, 6) is -3.75. The Morgan fingerprint density at radius 2 is 2.06 bits per heavy atom. The van der Waals surface area contributed by atoms with Gasteiger partial charge in [-0.3, -0.25) is 0 Å². The molecule has 0 saturated carbocycles. The Bertz CT molecular complexity index is 1060. The monoisotopic (exact) mass is 448 g/mol. The summed E-state index contributed by atoms with van der Waals surface area (Å²) in [6, 6.07) is 5.99.